The van der Waals surface area contributed by atoms with Gasteiger partial charge in [-0.3, -0.25) is 24.0 Å². The lowest BCUT2D eigenvalue weighted by Gasteiger charge is -2.63. The lowest BCUT2D eigenvalue weighted by molar-refractivity contribution is -0.185. The largest absolute Gasteiger partial charge is 0.508 e. The summed E-state index contributed by atoms with van der Waals surface area (Å²) in [5.41, 5.74) is 11.8. The van der Waals surface area contributed by atoms with Gasteiger partial charge in [-0.05, 0) is 92.0 Å². The van der Waals surface area contributed by atoms with Crippen LogP contribution in [0.5, 0.6) is 5.75 Å². The number of hydrogen-bond donors (Lipinski definition) is 7. The normalized spacial score (nSPS) is 26.8. The van der Waals surface area contributed by atoms with E-state index in [-0.39, 0.29) is 30.4 Å². The Morgan fingerprint density at radius 2 is 1.55 bits per heavy atom. The summed E-state index contributed by atoms with van der Waals surface area (Å²) in [7, 11) is 0. The fraction of sp³-hybridized carbons (Fsp3) is 0.553. The van der Waals surface area contributed by atoms with Crippen molar-refractivity contribution in [1.82, 2.24) is 16.0 Å². The average molecular weight is 722 g/mol. The number of phenolic OH excluding ortho intramolecular Hbond substituents is 1. The first-order valence-electron chi connectivity index (χ1n) is 17.6. The molecule has 2 aromatic rings. The molecule has 4 unspecified atom stereocenters. The number of nitrogens with one attached hydrogen (secondary N) is 3. The zero-order valence-electron chi connectivity index (χ0n) is 29.5. The number of hydrogen-bond acceptors (Lipinski definition) is 9. The van der Waals surface area contributed by atoms with Crippen LogP contribution in [0.4, 0.5) is 0 Å². The lowest BCUT2D eigenvalue weighted by atomic mass is 9.41. The minimum absolute atomic E-state index is 0.0847. The van der Waals surface area contributed by atoms with E-state index in [4.69, 9.17) is 11.5 Å². The summed E-state index contributed by atoms with van der Waals surface area (Å²) in [6.45, 7) is 3.12. The monoisotopic (exact) mass is 721 g/mol. The van der Waals surface area contributed by atoms with Gasteiger partial charge >= 0.3 is 5.97 Å². The SMILES string of the molecule is CSCC[C@@H](NC(=O)C(N)C(C)(C)c1ccc(O)cc1)C(=O)NCC(=O)N[C@@H](Cc1ccccc1)C(=O)C1C2(N)CC3CC(C2)CC1(C(=O)O)C3. The molecule has 0 aliphatic heterocycles. The molecule has 4 saturated carbocycles. The number of benzene rings is 2. The van der Waals surface area contributed by atoms with Crippen LogP contribution in [0.2, 0.25) is 0 Å². The van der Waals surface area contributed by atoms with Crippen molar-refractivity contribution >= 4 is 41.2 Å². The van der Waals surface area contributed by atoms with Gasteiger partial charge in [-0.1, -0.05) is 56.3 Å². The van der Waals surface area contributed by atoms with E-state index < -0.39 is 76.4 Å². The standard InChI is InChI=1S/C38H51N5O7S/c1-36(2,25-9-11-26(44)12-10-25)32(39)34(48)43-27(13-14-51-3)33(47)41-21-29(45)42-28(16-22-7-5-4-6-8-22)30(46)31-37(35(49)50)17-23-15-24(18-37)20-38(31,40)19-23/h4-12,23-24,27-28,31-32,44H,13-21,39-40H2,1-3H3,(H,41,47)(H,42,45)(H,43,48)(H,49,50)/t23?,24?,27-,28+,31?,32?,37?,38?/m1/s1. The molecule has 13 heteroatoms. The topological polar surface area (TPSA) is 214 Å². The van der Waals surface area contributed by atoms with E-state index in [1.54, 1.807) is 26.0 Å². The maximum Gasteiger partial charge on any atom is 0.310 e. The molecule has 0 heterocycles. The molecule has 6 rings (SSSR count). The molecule has 2 aromatic carbocycles. The Morgan fingerprint density at radius 1 is 0.922 bits per heavy atom. The van der Waals surface area contributed by atoms with Gasteiger partial charge in [-0.2, -0.15) is 11.8 Å². The Kier molecular flexibility index (Phi) is 11.5. The quantitative estimate of drug-likeness (QED) is 0.134. The molecule has 51 heavy (non-hydrogen) atoms. The van der Waals surface area contributed by atoms with Crippen LogP contribution >= 0.6 is 11.8 Å². The van der Waals surface area contributed by atoms with Crippen molar-refractivity contribution in [1.29, 1.82) is 0 Å². The van der Waals surface area contributed by atoms with Crippen LogP contribution in [0.25, 0.3) is 0 Å². The molecule has 276 valence electrons. The molecule has 12 nitrogen and oxygen atoms in total. The zero-order valence-corrected chi connectivity index (χ0v) is 30.3. The predicted octanol–water partition coefficient (Wildman–Crippen LogP) is 2.26. The number of amides is 3. The molecule has 4 aliphatic carbocycles. The summed E-state index contributed by atoms with van der Waals surface area (Å²) in [5, 5.41) is 28.4. The molecule has 4 aliphatic rings. The average Bonchev–Trinajstić information content (AvgIpc) is 3.07. The van der Waals surface area contributed by atoms with E-state index in [9.17, 15) is 34.2 Å². The molecular weight excluding hydrogens is 671 g/mol. The van der Waals surface area contributed by atoms with Gasteiger partial charge in [-0.15, -0.1) is 0 Å². The zero-order chi connectivity index (χ0) is 37.1. The second kappa shape index (κ2) is 15.3. The number of nitrogens with two attached hydrogens (primary N) is 2. The van der Waals surface area contributed by atoms with Gasteiger partial charge in [-0.25, -0.2) is 0 Å². The number of Topliss-reactive ketones (excluding diaryl/α,β-unsaturated/α-hetero) is 1. The maximum absolute atomic E-state index is 14.5. The van der Waals surface area contributed by atoms with Crippen molar-refractivity contribution in [2.75, 3.05) is 18.6 Å². The smallest absolute Gasteiger partial charge is 0.310 e. The number of aromatic hydroxyl groups is 1. The molecule has 0 radical (unpaired) electrons. The van der Waals surface area contributed by atoms with Crippen LogP contribution in [0.15, 0.2) is 54.6 Å². The number of thioether (sulfide) groups is 1. The van der Waals surface area contributed by atoms with E-state index in [0.717, 1.165) is 17.5 Å². The fourth-order valence-corrected chi connectivity index (χ4v) is 9.54. The van der Waals surface area contributed by atoms with Crippen LogP contribution < -0.4 is 27.4 Å². The van der Waals surface area contributed by atoms with E-state index in [1.807, 2.05) is 36.6 Å². The van der Waals surface area contributed by atoms with Crippen LogP contribution in [0.3, 0.4) is 0 Å². The highest BCUT2D eigenvalue weighted by Crippen LogP contribution is 2.64. The summed E-state index contributed by atoms with van der Waals surface area (Å²) in [6.07, 6.45) is 5.17. The molecule has 6 atom stereocenters. The first kappa shape index (κ1) is 38.3. The highest BCUT2D eigenvalue weighted by Gasteiger charge is 2.68. The van der Waals surface area contributed by atoms with Crippen molar-refractivity contribution in [3.63, 3.8) is 0 Å². The number of ketones is 1. The van der Waals surface area contributed by atoms with Crippen LogP contribution in [-0.4, -0.2) is 81.9 Å². The summed E-state index contributed by atoms with van der Waals surface area (Å²) >= 11 is 1.49. The van der Waals surface area contributed by atoms with E-state index in [2.05, 4.69) is 16.0 Å². The molecule has 4 fully saturated rings. The van der Waals surface area contributed by atoms with Gasteiger partial charge in [0.05, 0.1) is 30.0 Å². The van der Waals surface area contributed by atoms with Crippen molar-refractivity contribution < 1.29 is 34.2 Å². The fourth-order valence-electron chi connectivity index (χ4n) is 9.07. The number of carboxylic acids is 1. The van der Waals surface area contributed by atoms with Crippen LogP contribution in [0, 0.1) is 23.2 Å². The summed E-state index contributed by atoms with van der Waals surface area (Å²) in [4.78, 5) is 67.6. The third kappa shape index (κ3) is 8.10. The molecular formula is C38H51N5O7S. The van der Waals surface area contributed by atoms with Gasteiger partial charge in [0.25, 0.3) is 0 Å². The number of rotatable bonds is 16. The second-order valence-electron chi connectivity index (χ2n) is 15.4. The highest BCUT2D eigenvalue weighted by atomic mass is 32.2. The van der Waals surface area contributed by atoms with E-state index in [1.165, 1.54) is 23.9 Å². The van der Waals surface area contributed by atoms with Crippen LogP contribution in [0.1, 0.15) is 63.5 Å². The van der Waals surface area contributed by atoms with Crippen LogP contribution in [-0.2, 0) is 35.8 Å². The van der Waals surface area contributed by atoms with Gasteiger partial charge in [0.15, 0.2) is 5.78 Å². The van der Waals surface area contributed by atoms with Crippen molar-refractivity contribution in [3.8, 4) is 5.75 Å². The molecule has 0 spiro atoms. The Hall–Kier alpha value is -3.94. The number of aliphatic carboxylic acids is 1. The summed E-state index contributed by atoms with van der Waals surface area (Å²) in [6, 6.07) is 12.5. The Labute approximate surface area is 303 Å². The van der Waals surface area contributed by atoms with E-state index in [0.29, 0.717) is 31.4 Å². The molecule has 4 bridgehead atoms. The first-order valence-corrected chi connectivity index (χ1v) is 19.0. The molecule has 3 amide bonds. The third-order valence-corrected chi connectivity index (χ3v) is 12.1. The van der Waals surface area contributed by atoms with Gasteiger partial charge in [0.2, 0.25) is 17.7 Å². The second-order valence-corrected chi connectivity index (χ2v) is 16.4. The lowest BCUT2D eigenvalue weighted by Crippen LogP contribution is -2.72. The molecule has 0 saturated heterocycles. The number of carbonyl (C=O) groups is 5. The minimum Gasteiger partial charge on any atom is -0.508 e. The molecule has 9 N–H and O–H groups in total. The minimum atomic E-state index is -1.27. The molecule has 0 aromatic heterocycles. The highest BCUT2D eigenvalue weighted by molar-refractivity contribution is 7.98. The summed E-state index contributed by atoms with van der Waals surface area (Å²) in [5.74, 6) is -3.17. The van der Waals surface area contributed by atoms with Crippen molar-refractivity contribution in [3.05, 3.63) is 65.7 Å². The number of carbonyl (C=O) groups excluding carboxylic acids is 4. The number of phenols is 1. The van der Waals surface area contributed by atoms with Gasteiger partial charge in [0, 0.05) is 11.0 Å². The third-order valence-electron chi connectivity index (χ3n) is 11.4. The number of carboxylic acid groups (broad SMARTS) is 1. The first-order chi connectivity index (χ1) is 24.1. The Balaban J connectivity index is 1.28. The van der Waals surface area contributed by atoms with Gasteiger partial charge in [0.1, 0.15) is 11.8 Å². The summed E-state index contributed by atoms with van der Waals surface area (Å²) < 4.78 is 0. The maximum atomic E-state index is 14.5. The van der Waals surface area contributed by atoms with E-state index >= 15 is 0 Å². The predicted molar refractivity (Wildman–Crippen MR) is 195 cm³/mol. The Bertz CT molecular complexity index is 1600. The van der Waals surface area contributed by atoms with Crippen molar-refractivity contribution in [2.24, 2.45) is 34.6 Å². The van der Waals surface area contributed by atoms with Crippen molar-refractivity contribution in [2.45, 2.75) is 87.9 Å². The Morgan fingerprint density at radius 3 is 2.14 bits per heavy atom. The van der Waals surface area contributed by atoms with Gasteiger partial charge < -0.3 is 37.6 Å².